The number of allylic oxidation sites excluding steroid dienone is 3. The predicted molar refractivity (Wildman–Crippen MR) is 59.4 cm³/mol. The lowest BCUT2D eigenvalue weighted by molar-refractivity contribution is 0.977. The zero-order chi connectivity index (χ0) is 9.68. The third kappa shape index (κ3) is 3.08. The summed E-state index contributed by atoms with van der Waals surface area (Å²) in [5, 5.41) is 0. The standard InChI is InChI=1S/C10H11BrN2/c1-2-5-8-6-3-4-7-9(11)13-10(8)12/h4,7H,3,6,12H2,1H3/b7-4-,10-8-,13-9+. The molecular weight excluding hydrogens is 228 g/mol. The highest BCUT2D eigenvalue weighted by Crippen LogP contribution is 2.13. The first-order valence-corrected chi connectivity index (χ1v) is 4.85. The van der Waals surface area contributed by atoms with E-state index in [9.17, 15) is 0 Å². The predicted octanol–water partition coefficient (Wildman–Crippen LogP) is 2.32. The monoisotopic (exact) mass is 238 g/mol. The zero-order valence-corrected chi connectivity index (χ0v) is 9.06. The first kappa shape index (κ1) is 10.1. The van der Waals surface area contributed by atoms with Crippen LogP contribution >= 0.6 is 15.9 Å². The molecule has 2 N–H and O–H groups in total. The highest BCUT2D eigenvalue weighted by atomic mass is 79.9. The molecule has 0 bridgehead atoms. The van der Waals surface area contributed by atoms with Gasteiger partial charge in [0.2, 0.25) is 0 Å². The van der Waals surface area contributed by atoms with Crippen molar-refractivity contribution < 1.29 is 0 Å². The van der Waals surface area contributed by atoms with E-state index in [1.165, 1.54) is 0 Å². The molecule has 13 heavy (non-hydrogen) atoms. The number of halogens is 1. The number of hydrogen-bond acceptors (Lipinski definition) is 2. The fourth-order valence-corrected chi connectivity index (χ4v) is 1.41. The Balaban J connectivity index is 3.03. The van der Waals surface area contributed by atoms with Crippen molar-refractivity contribution in [3.8, 4) is 11.8 Å². The van der Waals surface area contributed by atoms with E-state index in [0.717, 1.165) is 23.0 Å². The van der Waals surface area contributed by atoms with Crippen molar-refractivity contribution in [2.45, 2.75) is 19.8 Å². The highest BCUT2D eigenvalue weighted by Gasteiger charge is 2.02. The summed E-state index contributed by atoms with van der Waals surface area (Å²) in [6, 6.07) is 0. The normalized spacial score (nSPS) is 28.9. The van der Waals surface area contributed by atoms with Crippen LogP contribution in [0.3, 0.4) is 0 Å². The smallest absolute Gasteiger partial charge is 0.136 e. The summed E-state index contributed by atoms with van der Waals surface area (Å²) in [7, 11) is 0. The molecule has 1 rings (SSSR count). The topological polar surface area (TPSA) is 38.4 Å². The van der Waals surface area contributed by atoms with Crippen molar-refractivity contribution in [3.63, 3.8) is 0 Å². The maximum Gasteiger partial charge on any atom is 0.136 e. The molecule has 0 aromatic rings. The molecule has 0 fully saturated rings. The van der Waals surface area contributed by atoms with Crippen LogP contribution in [0.5, 0.6) is 0 Å². The maximum absolute atomic E-state index is 5.75. The molecule has 0 unspecified atom stereocenters. The van der Waals surface area contributed by atoms with Gasteiger partial charge in [0.25, 0.3) is 0 Å². The van der Waals surface area contributed by atoms with Crippen molar-refractivity contribution in [3.05, 3.63) is 23.5 Å². The van der Waals surface area contributed by atoms with Gasteiger partial charge < -0.3 is 5.73 Å². The summed E-state index contributed by atoms with van der Waals surface area (Å²) in [4.78, 5) is 4.14. The van der Waals surface area contributed by atoms with Gasteiger partial charge in [0.1, 0.15) is 10.4 Å². The number of nitrogens with zero attached hydrogens (tertiary/aromatic N) is 1. The molecule has 0 saturated carbocycles. The van der Waals surface area contributed by atoms with Gasteiger partial charge in [0, 0.05) is 5.57 Å². The first-order valence-electron chi connectivity index (χ1n) is 4.06. The maximum atomic E-state index is 5.75. The SMILES string of the molecule is CC#C/C1=C(N)/N=C(Br)\C=C/CC1. The summed E-state index contributed by atoms with van der Waals surface area (Å²) >= 11 is 3.29. The first-order chi connectivity index (χ1) is 6.24. The Kier molecular flexibility index (Phi) is 3.78. The average molecular weight is 239 g/mol. The van der Waals surface area contributed by atoms with Gasteiger partial charge >= 0.3 is 0 Å². The van der Waals surface area contributed by atoms with E-state index < -0.39 is 0 Å². The van der Waals surface area contributed by atoms with E-state index in [-0.39, 0.29) is 0 Å². The zero-order valence-electron chi connectivity index (χ0n) is 7.47. The fourth-order valence-electron chi connectivity index (χ4n) is 1.03. The Hall–Kier alpha value is -1.01. The minimum absolute atomic E-state index is 0.519. The van der Waals surface area contributed by atoms with Crippen LogP contribution < -0.4 is 5.73 Å². The number of nitrogens with two attached hydrogens (primary N) is 1. The van der Waals surface area contributed by atoms with Gasteiger partial charge in [-0.05, 0) is 41.8 Å². The van der Waals surface area contributed by atoms with E-state index in [0.29, 0.717) is 5.82 Å². The average Bonchev–Trinajstić information content (AvgIpc) is 2.08. The molecule has 0 amide bonds. The minimum Gasteiger partial charge on any atom is -0.383 e. The van der Waals surface area contributed by atoms with Gasteiger partial charge in [-0.25, -0.2) is 4.99 Å². The lowest BCUT2D eigenvalue weighted by Gasteiger charge is -2.03. The quantitative estimate of drug-likeness (QED) is 0.647. The van der Waals surface area contributed by atoms with Gasteiger partial charge in [-0.2, -0.15) is 0 Å². The van der Waals surface area contributed by atoms with Crippen LogP contribution in [0, 0.1) is 11.8 Å². The number of rotatable bonds is 0. The Labute approximate surface area is 86.7 Å². The second-order valence-electron chi connectivity index (χ2n) is 2.61. The minimum atomic E-state index is 0.519. The second-order valence-corrected chi connectivity index (χ2v) is 3.43. The van der Waals surface area contributed by atoms with Crippen LogP contribution in [0.1, 0.15) is 19.8 Å². The Morgan fingerprint density at radius 3 is 3.08 bits per heavy atom. The molecule has 0 atom stereocenters. The molecule has 2 nitrogen and oxygen atoms in total. The second kappa shape index (κ2) is 4.88. The Bertz CT molecular complexity index is 340. The molecule has 1 heterocycles. The fraction of sp³-hybridized carbons (Fsp3) is 0.300. The summed E-state index contributed by atoms with van der Waals surface area (Å²) < 4.78 is 0.750. The van der Waals surface area contributed by atoms with E-state index in [1.54, 1.807) is 6.92 Å². The van der Waals surface area contributed by atoms with Crippen LogP contribution in [0.2, 0.25) is 0 Å². The van der Waals surface area contributed by atoms with Gasteiger partial charge in [-0.1, -0.05) is 12.0 Å². The van der Waals surface area contributed by atoms with Crippen molar-refractivity contribution in [1.29, 1.82) is 0 Å². The molecule has 0 aliphatic carbocycles. The van der Waals surface area contributed by atoms with Crippen molar-refractivity contribution in [2.75, 3.05) is 0 Å². The van der Waals surface area contributed by atoms with E-state index in [4.69, 9.17) is 5.73 Å². The molecular formula is C10H11BrN2. The molecule has 68 valence electrons. The molecule has 1 aliphatic heterocycles. The third-order valence-electron chi connectivity index (χ3n) is 1.63. The molecule has 3 heteroatoms. The van der Waals surface area contributed by atoms with Crippen molar-refractivity contribution >= 4 is 20.6 Å². The highest BCUT2D eigenvalue weighted by molar-refractivity contribution is 9.18. The van der Waals surface area contributed by atoms with Crippen molar-refractivity contribution in [1.82, 2.24) is 0 Å². The largest absolute Gasteiger partial charge is 0.383 e. The summed E-state index contributed by atoms with van der Waals surface area (Å²) in [6.45, 7) is 1.80. The summed E-state index contributed by atoms with van der Waals surface area (Å²) in [6.07, 6.45) is 5.78. The van der Waals surface area contributed by atoms with Gasteiger partial charge in [0.15, 0.2) is 0 Å². The molecule has 0 aromatic carbocycles. The Morgan fingerprint density at radius 2 is 2.38 bits per heavy atom. The molecule has 0 spiro atoms. The van der Waals surface area contributed by atoms with Gasteiger partial charge in [0.05, 0.1) is 0 Å². The molecule has 0 aromatic heterocycles. The van der Waals surface area contributed by atoms with Gasteiger partial charge in [-0.3, -0.25) is 0 Å². The van der Waals surface area contributed by atoms with Crippen LogP contribution in [-0.2, 0) is 0 Å². The summed E-state index contributed by atoms with van der Waals surface area (Å²) in [5.41, 5.74) is 6.67. The van der Waals surface area contributed by atoms with Crippen molar-refractivity contribution in [2.24, 2.45) is 10.7 Å². The molecule has 0 radical (unpaired) electrons. The molecule has 1 aliphatic rings. The number of hydrogen-bond donors (Lipinski definition) is 1. The van der Waals surface area contributed by atoms with Gasteiger partial charge in [-0.15, -0.1) is 5.92 Å². The van der Waals surface area contributed by atoms with E-state index in [1.807, 2.05) is 6.08 Å². The van der Waals surface area contributed by atoms with Crippen LogP contribution in [-0.4, -0.2) is 4.62 Å². The molecule has 0 saturated heterocycles. The van der Waals surface area contributed by atoms with Crippen LogP contribution in [0.15, 0.2) is 28.5 Å². The third-order valence-corrected chi connectivity index (χ3v) is 2.07. The number of aliphatic imine (C=N–C) groups is 1. The Morgan fingerprint density at radius 1 is 1.62 bits per heavy atom. The lowest BCUT2D eigenvalue weighted by Crippen LogP contribution is -2.02. The van der Waals surface area contributed by atoms with Crippen LogP contribution in [0.4, 0.5) is 0 Å². The van der Waals surface area contributed by atoms with Crippen LogP contribution in [0.25, 0.3) is 0 Å². The van der Waals surface area contributed by atoms with E-state index in [2.05, 4.69) is 38.8 Å². The lowest BCUT2D eigenvalue weighted by atomic mass is 10.1. The summed E-state index contributed by atoms with van der Waals surface area (Å²) in [5.74, 6) is 6.32. The van der Waals surface area contributed by atoms with E-state index >= 15 is 0 Å².